The van der Waals surface area contributed by atoms with Crippen LogP contribution >= 0.6 is 0 Å². The third-order valence-electron chi connectivity index (χ3n) is 3.57. The van der Waals surface area contributed by atoms with Crippen LogP contribution in [0.2, 0.25) is 0 Å². The second-order valence-corrected chi connectivity index (χ2v) is 5.21. The number of halogens is 3. The first-order valence-corrected chi connectivity index (χ1v) is 7.26. The van der Waals surface area contributed by atoms with E-state index in [-0.39, 0.29) is 18.9 Å². The van der Waals surface area contributed by atoms with Crippen molar-refractivity contribution in [2.24, 2.45) is 0 Å². The highest BCUT2D eigenvalue weighted by Gasteiger charge is 2.36. The zero-order chi connectivity index (χ0) is 17.7. The molecule has 1 saturated heterocycles. The van der Waals surface area contributed by atoms with Crippen LogP contribution in [-0.2, 0) is 15.8 Å². The number of hydrogen-bond donors (Lipinski definition) is 1. The van der Waals surface area contributed by atoms with E-state index in [1.54, 1.807) is 0 Å². The normalized spacial score (nSPS) is 16.3. The summed E-state index contributed by atoms with van der Waals surface area (Å²) in [6, 6.07) is 2.21. The summed E-state index contributed by atoms with van der Waals surface area (Å²) in [6.45, 7) is 1.05. The Morgan fingerprint density at radius 3 is 2.58 bits per heavy atom. The minimum Gasteiger partial charge on any atom is -0.478 e. The number of nitrogens with zero attached hydrogens (tertiary/aromatic N) is 3. The predicted molar refractivity (Wildman–Crippen MR) is 79.4 cm³/mol. The Bertz CT molecular complexity index is 646. The van der Waals surface area contributed by atoms with Crippen molar-refractivity contribution in [3.63, 3.8) is 0 Å². The standard InChI is InChI=1S/C15H16F3N3O3/c16-15(17,18)11-3-1-6-19-14(11)21-8-2-7-20(9-10-21)12(22)4-5-13(23)24/h1,3-6H,2,7-10H2,(H,23,24)/b5-4+. The smallest absolute Gasteiger partial charge is 0.419 e. The summed E-state index contributed by atoms with van der Waals surface area (Å²) in [4.78, 5) is 29.1. The highest BCUT2D eigenvalue weighted by Crippen LogP contribution is 2.35. The number of aliphatic carboxylic acids is 1. The largest absolute Gasteiger partial charge is 0.478 e. The van der Waals surface area contributed by atoms with Crippen LogP contribution in [0.1, 0.15) is 12.0 Å². The molecule has 9 heteroatoms. The van der Waals surface area contributed by atoms with Crippen molar-refractivity contribution in [3.8, 4) is 0 Å². The molecule has 130 valence electrons. The molecular weight excluding hydrogens is 327 g/mol. The Morgan fingerprint density at radius 2 is 1.92 bits per heavy atom. The van der Waals surface area contributed by atoms with E-state index in [9.17, 15) is 22.8 Å². The number of carboxylic acid groups (broad SMARTS) is 1. The number of aromatic nitrogens is 1. The molecule has 1 aromatic heterocycles. The number of anilines is 1. The highest BCUT2D eigenvalue weighted by atomic mass is 19.4. The van der Waals surface area contributed by atoms with E-state index in [0.717, 1.165) is 18.2 Å². The van der Waals surface area contributed by atoms with Crippen LogP contribution in [0.4, 0.5) is 19.0 Å². The fourth-order valence-corrected chi connectivity index (χ4v) is 2.47. The molecule has 0 radical (unpaired) electrons. The number of hydrogen-bond acceptors (Lipinski definition) is 4. The molecule has 1 N–H and O–H groups in total. The molecule has 0 bridgehead atoms. The Balaban J connectivity index is 2.12. The van der Waals surface area contributed by atoms with Gasteiger partial charge in [0, 0.05) is 44.5 Å². The summed E-state index contributed by atoms with van der Waals surface area (Å²) in [6.07, 6.45) is -1.06. The minimum absolute atomic E-state index is 0.152. The first-order chi connectivity index (χ1) is 11.3. The summed E-state index contributed by atoms with van der Waals surface area (Å²) >= 11 is 0. The van der Waals surface area contributed by atoms with E-state index in [0.29, 0.717) is 19.5 Å². The van der Waals surface area contributed by atoms with Gasteiger partial charge in [-0.25, -0.2) is 9.78 Å². The first-order valence-electron chi connectivity index (χ1n) is 7.26. The maximum atomic E-state index is 13.1. The van der Waals surface area contributed by atoms with Gasteiger partial charge in [-0.1, -0.05) is 0 Å². The second-order valence-electron chi connectivity index (χ2n) is 5.21. The Hall–Kier alpha value is -2.58. The van der Waals surface area contributed by atoms with Crippen LogP contribution in [0.3, 0.4) is 0 Å². The van der Waals surface area contributed by atoms with Gasteiger partial charge in [0.1, 0.15) is 5.82 Å². The van der Waals surface area contributed by atoms with Crippen LogP contribution in [-0.4, -0.2) is 53.0 Å². The van der Waals surface area contributed by atoms with Gasteiger partial charge in [0.2, 0.25) is 5.91 Å². The third-order valence-corrected chi connectivity index (χ3v) is 3.57. The molecule has 0 atom stereocenters. The van der Waals surface area contributed by atoms with Crippen LogP contribution in [0.5, 0.6) is 0 Å². The van der Waals surface area contributed by atoms with E-state index in [1.807, 2.05) is 0 Å². The molecule has 1 aromatic rings. The molecule has 1 amide bonds. The van der Waals surface area contributed by atoms with Crippen LogP contribution in [0.25, 0.3) is 0 Å². The lowest BCUT2D eigenvalue weighted by molar-refractivity contribution is -0.137. The molecule has 1 aliphatic rings. The molecule has 0 spiro atoms. The first kappa shape index (κ1) is 17.8. The fraction of sp³-hybridized carbons (Fsp3) is 0.400. The number of carboxylic acids is 1. The SMILES string of the molecule is O=C(O)/C=C/C(=O)N1CCCN(c2ncccc2C(F)(F)F)CC1. The molecule has 2 heterocycles. The topological polar surface area (TPSA) is 73.7 Å². The van der Waals surface area contributed by atoms with Crippen LogP contribution in [0, 0.1) is 0 Å². The van der Waals surface area contributed by atoms with Gasteiger partial charge in [-0.3, -0.25) is 4.79 Å². The zero-order valence-corrected chi connectivity index (χ0v) is 12.7. The van der Waals surface area contributed by atoms with Gasteiger partial charge in [0.15, 0.2) is 0 Å². The van der Waals surface area contributed by atoms with Crippen molar-refractivity contribution in [1.82, 2.24) is 9.88 Å². The fourth-order valence-electron chi connectivity index (χ4n) is 2.47. The number of carbonyl (C=O) groups is 2. The average Bonchev–Trinajstić information content (AvgIpc) is 2.77. The van der Waals surface area contributed by atoms with Gasteiger partial charge in [-0.15, -0.1) is 0 Å². The average molecular weight is 343 g/mol. The quantitative estimate of drug-likeness (QED) is 0.847. The lowest BCUT2D eigenvalue weighted by atomic mass is 10.2. The van der Waals surface area contributed by atoms with E-state index in [1.165, 1.54) is 22.1 Å². The zero-order valence-electron chi connectivity index (χ0n) is 12.7. The number of carbonyl (C=O) groups excluding carboxylic acids is 1. The Labute approximate surface area is 136 Å². The summed E-state index contributed by atoms with van der Waals surface area (Å²) in [5.74, 6) is -1.86. The monoisotopic (exact) mass is 343 g/mol. The van der Waals surface area contributed by atoms with Crippen molar-refractivity contribution in [2.75, 3.05) is 31.1 Å². The Morgan fingerprint density at radius 1 is 1.17 bits per heavy atom. The summed E-state index contributed by atoms with van der Waals surface area (Å²) in [5.41, 5.74) is -0.810. The molecule has 1 aliphatic heterocycles. The molecular formula is C15H16F3N3O3. The van der Waals surface area contributed by atoms with E-state index < -0.39 is 23.6 Å². The minimum atomic E-state index is -4.50. The van der Waals surface area contributed by atoms with Gasteiger partial charge >= 0.3 is 12.1 Å². The van der Waals surface area contributed by atoms with Gasteiger partial charge in [0.25, 0.3) is 0 Å². The van der Waals surface area contributed by atoms with E-state index in [2.05, 4.69) is 4.98 Å². The maximum Gasteiger partial charge on any atom is 0.419 e. The highest BCUT2D eigenvalue weighted by molar-refractivity contribution is 5.93. The van der Waals surface area contributed by atoms with Crippen LogP contribution < -0.4 is 4.90 Å². The maximum absolute atomic E-state index is 13.1. The summed E-state index contributed by atoms with van der Waals surface area (Å²) in [7, 11) is 0. The molecule has 2 rings (SSSR count). The number of alkyl halides is 3. The molecule has 24 heavy (non-hydrogen) atoms. The van der Waals surface area contributed by atoms with Crippen molar-refractivity contribution in [3.05, 3.63) is 36.0 Å². The molecule has 0 aromatic carbocycles. The lowest BCUT2D eigenvalue weighted by Crippen LogP contribution is -2.35. The third kappa shape index (κ3) is 4.46. The number of rotatable bonds is 3. The van der Waals surface area contributed by atoms with Crippen molar-refractivity contribution in [2.45, 2.75) is 12.6 Å². The van der Waals surface area contributed by atoms with Crippen LogP contribution in [0.15, 0.2) is 30.5 Å². The van der Waals surface area contributed by atoms with Crippen molar-refractivity contribution >= 4 is 17.7 Å². The molecule has 6 nitrogen and oxygen atoms in total. The molecule has 0 unspecified atom stereocenters. The van der Waals surface area contributed by atoms with Gasteiger partial charge in [-0.05, 0) is 18.6 Å². The molecule has 1 fully saturated rings. The van der Waals surface area contributed by atoms with Gasteiger partial charge in [0.05, 0.1) is 5.56 Å². The van der Waals surface area contributed by atoms with E-state index in [4.69, 9.17) is 5.11 Å². The van der Waals surface area contributed by atoms with E-state index >= 15 is 0 Å². The molecule has 0 saturated carbocycles. The lowest BCUT2D eigenvalue weighted by Gasteiger charge is -2.25. The predicted octanol–water partition coefficient (Wildman–Crippen LogP) is 1.78. The molecule has 0 aliphatic carbocycles. The van der Waals surface area contributed by atoms with Gasteiger partial charge < -0.3 is 14.9 Å². The number of pyridine rings is 1. The second kappa shape index (κ2) is 7.33. The van der Waals surface area contributed by atoms with Crippen molar-refractivity contribution in [1.29, 1.82) is 0 Å². The van der Waals surface area contributed by atoms with Gasteiger partial charge in [-0.2, -0.15) is 13.2 Å². The summed E-state index contributed by atoms with van der Waals surface area (Å²) in [5, 5.41) is 8.53. The van der Waals surface area contributed by atoms with Crippen molar-refractivity contribution < 1.29 is 27.9 Å². The summed E-state index contributed by atoms with van der Waals surface area (Å²) < 4.78 is 39.3. The Kier molecular flexibility index (Phi) is 5.42. The number of amides is 1.